The average molecular weight is 384 g/mol. The summed E-state index contributed by atoms with van der Waals surface area (Å²) in [7, 11) is 0. The molecule has 0 bridgehead atoms. The Morgan fingerprint density at radius 3 is 2.62 bits per heavy atom. The number of benzene rings is 2. The van der Waals surface area contributed by atoms with Crippen LogP contribution in [0.4, 0.5) is 11.4 Å². The molecule has 0 saturated carbocycles. The predicted molar refractivity (Wildman–Crippen MR) is 94.4 cm³/mol. The number of hydrogen-bond donors (Lipinski definition) is 1. The molecule has 2 amide bonds. The van der Waals surface area contributed by atoms with Crippen LogP contribution in [0.15, 0.2) is 53.0 Å². The Kier molecular flexibility index (Phi) is 4.63. The van der Waals surface area contributed by atoms with Crippen LogP contribution < -0.4 is 10.2 Å². The number of nitriles is 1. The quantitative estimate of drug-likeness (QED) is 0.883. The Morgan fingerprint density at radius 2 is 1.92 bits per heavy atom. The van der Waals surface area contributed by atoms with Gasteiger partial charge in [0, 0.05) is 23.1 Å². The van der Waals surface area contributed by atoms with Crippen LogP contribution in [-0.4, -0.2) is 18.4 Å². The molecular formula is C18H14BrN3O2. The number of amides is 2. The van der Waals surface area contributed by atoms with Crippen molar-refractivity contribution >= 4 is 39.1 Å². The molecule has 2 aromatic rings. The highest BCUT2D eigenvalue weighted by atomic mass is 79.9. The van der Waals surface area contributed by atoms with Crippen molar-refractivity contribution in [1.29, 1.82) is 5.26 Å². The largest absolute Gasteiger partial charge is 0.326 e. The summed E-state index contributed by atoms with van der Waals surface area (Å²) in [5.41, 5.74) is 1.68. The third-order valence-electron chi connectivity index (χ3n) is 3.92. The number of nitrogens with one attached hydrogen (secondary N) is 1. The fourth-order valence-electron chi connectivity index (χ4n) is 2.70. The summed E-state index contributed by atoms with van der Waals surface area (Å²) in [6.07, 6.45) is 0.141. The van der Waals surface area contributed by atoms with Gasteiger partial charge in [0.1, 0.15) is 6.07 Å². The number of hydrogen-bond acceptors (Lipinski definition) is 3. The molecule has 1 atom stereocenters. The van der Waals surface area contributed by atoms with Crippen molar-refractivity contribution in [1.82, 2.24) is 0 Å². The minimum Gasteiger partial charge on any atom is -0.326 e. The van der Waals surface area contributed by atoms with Crippen LogP contribution in [0.2, 0.25) is 0 Å². The molecule has 1 saturated heterocycles. The van der Waals surface area contributed by atoms with Crippen molar-refractivity contribution in [2.24, 2.45) is 5.92 Å². The number of rotatable bonds is 3. The monoisotopic (exact) mass is 383 g/mol. The van der Waals surface area contributed by atoms with E-state index in [1.165, 1.54) is 4.90 Å². The zero-order valence-corrected chi connectivity index (χ0v) is 14.3. The van der Waals surface area contributed by atoms with Crippen molar-refractivity contribution in [3.8, 4) is 6.07 Å². The first kappa shape index (κ1) is 16.2. The van der Waals surface area contributed by atoms with Gasteiger partial charge in [-0.15, -0.1) is 0 Å². The van der Waals surface area contributed by atoms with Gasteiger partial charge in [-0.1, -0.05) is 28.1 Å². The molecule has 0 aromatic heterocycles. The first-order valence-corrected chi connectivity index (χ1v) is 8.23. The lowest BCUT2D eigenvalue weighted by Crippen LogP contribution is -2.28. The SMILES string of the molecule is N#Cc1ccccc1N1CC(C(=O)Nc2ccc(Br)cc2)CC1=O. The molecule has 1 aliphatic heterocycles. The van der Waals surface area contributed by atoms with Gasteiger partial charge in [-0.05, 0) is 36.4 Å². The van der Waals surface area contributed by atoms with E-state index in [9.17, 15) is 14.9 Å². The number of halogens is 1. The predicted octanol–water partition coefficient (Wildman–Crippen LogP) is 3.31. The van der Waals surface area contributed by atoms with Gasteiger partial charge in [0.25, 0.3) is 0 Å². The highest BCUT2D eigenvalue weighted by Gasteiger charge is 2.36. The van der Waals surface area contributed by atoms with E-state index in [0.717, 1.165) is 4.47 Å². The summed E-state index contributed by atoms with van der Waals surface area (Å²) in [5.74, 6) is -0.774. The van der Waals surface area contributed by atoms with E-state index in [1.54, 1.807) is 36.4 Å². The Bertz CT molecular complexity index is 827. The van der Waals surface area contributed by atoms with Crippen LogP contribution in [0.1, 0.15) is 12.0 Å². The summed E-state index contributed by atoms with van der Waals surface area (Å²) in [5, 5.41) is 12.0. The van der Waals surface area contributed by atoms with Gasteiger partial charge in [-0.2, -0.15) is 5.26 Å². The molecule has 24 heavy (non-hydrogen) atoms. The summed E-state index contributed by atoms with van der Waals surface area (Å²) in [6.45, 7) is 0.278. The second-order valence-electron chi connectivity index (χ2n) is 5.53. The molecule has 120 valence electrons. The Hall–Kier alpha value is -2.65. The molecule has 0 spiro atoms. The molecular weight excluding hydrogens is 370 g/mol. The van der Waals surface area contributed by atoms with Crippen LogP contribution in [0.5, 0.6) is 0 Å². The highest BCUT2D eigenvalue weighted by Crippen LogP contribution is 2.28. The number of carbonyl (C=O) groups excluding carboxylic acids is 2. The number of nitrogens with zero attached hydrogens (tertiary/aromatic N) is 2. The van der Waals surface area contributed by atoms with E-state index in [0.29, 0.717) is 16.9 Å². The number of para-hydroxylation sites is 1. The lowest BCUT2D eigenvalue weighted by molar-refractivity contribution is -0.122. The summed E-state index contributed by atoms with van der Waals surface area (Å²) in [4.78, 5) is 26.2. The zero-order chi connectivity index (χ0) is 17.1. The van der Waals surface area contributed by atoms with Crippen molar-refractivity contribution in [2.45, 2.75) is 6.42 Å². The van der Waals surface area contributed by atoms with E-state index < -0.39 is 5.92 Å². The summed E-state index contributed by atoms with van der Waals surface area (Å²) < 4.78 is 0.927. The van der Waals surface area contributed by atoms with Crippen molar-refractivity contribution in [3.05, 3.63) is 58.6 Å². The van der Waals surface area contributed by atoms with E-state index in [-0.39, 0.29) is 24.8 Å². The Labute approximate surface area is 148 Å². The molecule has 0 aliphatic carbocycles. The standard InChI is InChI=1S/C18H14BrN3O2/c19-14-5-7-15(8-6-14)21-18(24)13-9-17(23)22(11-13)16-4-2-1-3-12(16)10-20/h1-8,13H,9,11H2,(H,21,24). The van der Waals surface area contributed by atoms with E-state index in [1.807, 2.05) is 12.1 Å². The fourth-order valence-corrected chi connectivity index (χ4v) is 2.96. The van der Waals surface area contributed by atoms with Crippen molar-refractivity contribution in [3.63, 3.8) is 0 Å². The molecule has 3 rings (SSSR count). The van der Waals surface area contributed by atoms with E-state index in [2.05, 4.69) is 27.3 Å². The lowest BCUT2D eigenvalue weighted by Gasteiger charge is -2.18. The third-order valence-corrected chi connectivity index (χ3v) is 4.45. The van der Waals surface area contributed by atoms with Gasteiger partial charge in [0.2, 0.25) is 11.8 Å². The maximum Gasteiger partial charge on any atom is 0.229 e. The maximum absolute atomic E-state index is 12.4. The first-order chi connectivity index (χ1) is 11.6. The minimum absolute atomic E-state index is 0.141. The summed E-state index contributed by atoms with van der Waals surface area (Å²) in [6, 6.07) is 16.3. The van der Waals surface area contributed by atoms with Crippen molar-refractivity contribution < 1.29 is 9.59 Å². The maximum atomic E-state index is 12.4. The molecule has 1 heterocycles. The van der Waals surface area contributed by atoms with Gasteiger partial charge in [-0.25, -0.2) is 0 Å². The number of anilines is 2. The van der Waals surface area contributed by atoms with Crippen LogP contribution in [-0.2, 0) is 9.59 Å². The fraction of sp³-hybridized carbons (Fsp3) is 0.167. The third kappa shape index (κ3) is 3.31. The molecule has 1 aliphatic rings. The molecule has 1 unspecified atom stereocenters. The smallest absolute Gasteiger partial charge is 0.229 e. The molecule has 0 radical (unpaired) electrons. The Morgan fingerprint density at radius 1 is 1.21 bits per heavy atom. The van der Waals surface area contributed by atoms with Gasteiger partial charge < -0.3 is 10.2 Å². The van der Waals surface area contributed by atoms with Crippen LogP contribution in [0.25, 0.3) is 0 Å². The Balaban J connectivity index is 1.73. The molecule has 1 N–H and O–H groups in total. The second kappa shape index (κ2) is 6.85. The van der Waals surface area contributed by atoms with E-state index >= 15 is 0 Å². The zero-order valence-electron chi connectivity index (χ0n) is 12.7. The van der Waals surface area contributed by atoms with Crippen LogP contribution >= 0.6 is 15.9 Å². The molecule has 1 fully saturated rings. The normalized spacial score (nSPS) is 16.8. The van der Waals surface area contributed by atoms with Gasteiger partial charge in [0.05, 0.1) is 17.2 Å². The minimum atomic E-state index is -0.437. The average Bonchev–Trinajstić information content (AvgIpc) is 2.98. The second-order valence-corrected chi connectivity index (χ2v) is 6.45. The van der Waals surface area contributed by atoms with Gasteiger partial charge >= 0.3 is 0 Å². The topological polar surface area (TPSA) is 73.2 Å². The molecule has 6 heteroatoms. The van der Waals surface area contributed by atoms with Crippen LogP contribution in [0.3, 0.4) is 0 Å². The first-order valence-electron chi connectivity index (χ1n) is 7.44. The lowest BCUT2D eigenvalue weighted by atomic mass is 10.1. The van der Waals surface area contributed by atoms with Gasteiger partial charge in [-0.3, -0.25) is 9.59 Å². The molecule has 5 nitrogen and oxygen atoms in total. The van der Waals surface area contributed by atoms with Crippen molar-refractivity contribution in [2.75, 3.05) is 16.8 Å². The highest BCUT2D eigenvalue weighted by molar-refractivity contribution is 9.10. The summed E-state index contributed by atoms with van der Waals surface area (Å²) >= 11 is 3.34. The van der Waals surface area contributed by atoms with Crippen LogP contribution in [0, 0.1) is 17.2 Å². The van der Waals surface area contributed by atoms with Gasteiger partial charge in [0.15, 0.2) is 0 Å². The van der Waals surface area contributed by atoms with E-state index in [4.69, 9.17) is 0 Å². The molecule has 2 aromatic carbocycles. The number of carbonyl (C=O) groups is 2.